The summed E-state index contributed by atoms with van der Waals surface area (Å²) in [6, 6.07) is 10.4. The quantitative estimate of drug-likeness (QED) is 0.635. The van der Waals surface area contributed by atoms with E-state index in [1.807, 2.05) is 0 Å². The van der Waals surface area contributed by atoms with E-state index in [0.717, 1.165) is 0 Å². The molecule has 11 heteroatoms. The summed E-state index contributed by atoms with van der Waals surface area (Å²) >= 11 is 0. The van der Waals surface area contributed by atoms with E-state index in [4.69, 9.17) is 14.2 Å². The summed E-state index contributed by atoms with van der Waals surface area (Å²) in [5, 5.41) is 0. The fourth-order valence-electron chi connectivity index (χ4n) is 2.96. The second-order valence-corrected chi connectivity index (χ2v) is 10.2. The highest BCUT2D eigenvalue weighted by Crippen LogP contribution is 2.29. The number of morpholine rings is 1. The maximum absolute atomic E-state index is 12.7. The first kappa shape index (κ1) is 22.5. The number of ether oxygens (including phenoxy) is 3. The summed E-state index contributed by atoms with van der Waals surface area (Å²) < 4.78 is 69.8. The average molecular weight is 457 g/mol. The van der Waals surface area contributed by atoms with Gasteiger partial charge >= 0.3 is 0 Å². The van der Waals surface area contributed by atoms with Gasteiger partial charge in [0.1, 0.15) is 0 Å². The van der Waals surface area contributed by atoms with Crippen molar-refractivity contribution < 1.29 is 31.0 Å². The lowest BCUT2D eigenvalue weighted by molar-refractivity contribution is 0.0730. The summed E-state index contributed by atoms with van der Waals surface area (Å²) in [6.07, 6.45) is 0. The zero-order valence-corrected chi connectivity index (χ0v) is 18.3. The van der Waals surface area contributed by atoms with E-state index < -0.39 is 20.0 Å². The zero-order valence-electron chi connectivity index (χ0n) is 16.7. The van der Waals surface area contributed by atoms with Crippen LogP contribution in [0.1, 0.15) is 5.56 Å². The van der Waals surface area contributed by atoms with Gasteiger partial charge in [-0.25, -0.2) is 21.6 Å². The fourth-order valence-corrected chi connectivity index (χ4v) is 5.40. The number of hydrogen-bond donors (Lipinski definition) is 1. The van der Waals surface area contributed by atoms with E-state index in [2.05, 4.69) is 4.72 Å². The molecule has 164 valence electrons. The smallest absolute Gasteiger partial charge is 0.243 e. The molecule has 0 spiro atoms. The molecule has 1 heterocycles. The molecule has 2 aromatic carbocycles. The number of methoxy groups -OCH3 is 2. The minimum atomic E-state index is -3.80. The highest BCUT2D eigenvalue weighted by Gasteiger charge is 2.26. The van der Waals surface area contributed by atoms with E-state index >= 15 is 0 Å². The Kier molecular flexibility index (Phi) is 6.98. The monoisotopic (exact) mass is 456 g/mol. The Bertz CT molecular complexity index is 1080. The van der Waals surface area contributed by atoms with E-state index in [1.165, 1.54) is 48.9 Å². The largest absolute Gasteiger partial charge is 0.493 e. The predicted molar refractivity (Wildman–Crippen MR) is 110 cm³/mol. The maximum atomic E-state index is 12.7. The van der Waals surface area contributed by atoms with Gasteiger partial charge in [0, 0.05) is 25.7 Å². The van der Waals surface area contributed by atoms with Crippen LogP contribution in [0, 0.1) is 0 Å². The second-order valence-electron chi connectivity index (χ2n) is 6.50. The van der Waals surface area contributed by atoms with Gasteiger partial charge in [-0.1, -0.05) is 12.1 Å². The van der Waals surface area contributed by atoms with Crippen molar-refractivity contribution in [2.24, 2.45) is 0 Å². The number of nitrogens with zero attached hydrogens (tertiary/aromatic N) is 1. The summed E-state index contributed by atoms with van der Waals surface area (Å²) in [7, 11) is -4.50. The Hall–Kier alpha value is -2.18. The van der Waals surface area contributed by atoms with Crippen LogP contribution in [0.5, 0.6) is 11.5 Å². The van der Waals surface area contributed by atoms with Crippen molar-refractivity contribution >= 4 is 20.0 Å². The third kappa shape index (κ3) is 4.93. The van der Waals surface area contributed by atoms with Crippen LogP contribution in [0.15, 0.2) is 52.3 Å². The van der Waals surface area contributed by atoms with E-state index in [-0.39, 0.29) is 16.3 Å². The van der Waals surface area contributed by atoms with Gasteiger partial charge in [0.15, 0.2) is 11.5 Å². The average Bonchev–Trinajstić information content (AvgIpc) is 2.78. The van der Waals surface area contributed by atoms with Crippen LogP contribution in [0.4, 0.5) is 0 Å². The van der Waals surface area contributed by atoms with E-state index in [0.29, 0.717) is 43.4 Å². The molecule has 0 unspecified atom stereocenters. The highest BCUT2D eigenvalue weighted by atomic mass is 32.2. The molecule has 2 aromatic rings. The molecule has 1 aliphatic rings. The molecule has 30 heavy (non-hydrogen) atoms. The van der Waals surface area contributed by atoms with Crippen molar-refractivity contribution in [3.05, 3.63) is 48.0 Å². The van der Waals surface area contributed by atoms with Gasteiger partial charge in [0.05, 0.1) is 37.2 Å². The van der Waals surface area contributed by atoms with Crippen LogP contribution in [-0.2, 0) is 31.3 Å². The number of rotatable bonds is 8. The normalized spacial score (nSPS) is 15.7. The van der Waals surface area contributed by atoms with Gasteiger partial charge in [0.25, 0.3) is 0 Å². The van der Waals surface area contributed by atoms with Gasteiger partial charge in [-0.3, -0.25) is 0 Å². The Morgan fingerprint density at radius 3 is 2.10 bits per heavy atom. The Labute approximate surface area is 176 Å². The van der Waals surface area contributed by atoms with Crippen molar-refractivity contribution in [1.82, 2.24) is 9.03 Å². The fraction of sp³-hybridized carbons (Fsp3) is 0.368. The summed E-state index contributed by atoms with van der Waals surface area (Å²) in [5.74, 6) is 0.728. The first-order valence-electron chi connectivity index (χ1n) is 9.16. The van der Waals surface area contributed by atoms with Gasteiger partial charge in [-0.15, -0.1) is 0 Å². The van der Waals surface area contributed by atoms with E-state index in [9.17, 15) is 16.8 Å². The molecule has 1 aliphatic heterocycles. The molecule has 1 fully saturated rings. The van der Waals surface area contributed by atoms with Crippen LogP contribution < -0.4 is 14.2 Å². The topological polar surface area (TPSA) is 111 Å². The molecule has 0 saturated carbocycles. The number of nitrogens with one attached hydrogen (secondary N) is 1. The predicted octanol–water partition coefficient (Wildman–Crippen LogP) is 1.20. The first-order valence-corrected chi connectivity index (χ1v) is 12.1. The van der Waals surface area contributed by atoms with Gasteiger partial charge in [-0.05, 0) is 29.8 Å². The first-order chi connectivity index (χ1) is 14.3. The standard InChI is InChI=1S/C19H24N2O7S2/c1-26-18-8-7-17(13-19(18)27-2)29(22,23)20-14-15-3-5-16(6-4-15)30(24,25)21-9-11-28-12-10-21/h3-8,13,20H,9-12,14H2,1-2H3. The molecule has 0 aliphatic carbocycles. The van der Waals surface area contributed by atoms with Crippen LogP contribution in [-0.4, -0.2) is 61.7 Å². The molecule has 1 N–H and O–H groups in total. The third-order valence-corrected chi connectivity index (χ3v) is 7.97. The second kappa shape index (κ2) is 9.31. The third-order valence-electron chi connectivity index (χ3n) is 4.66. The van der Waals surface area contributed by atoms with Gasteiger partial charge in [-0.2, -0.15) is 4.31 Å². The van der Waals surface area contributed by atoms with E-state index in [1.54, 1.807) is 12.1 Å². The summed E-state index contributed by atoms with van der Waals surface area (Å²) in [5.41, 5.74) is 0.625. The van der Waals surface area contributed by atoms with Crippen molar-refractivity contribution in [3.8, 4) is 11.5 Å². The SMILES string of the molecule is COc1ccc(S(=O)(=O)NCc2ccc(S(=O)(=O)N3CCOCC3)cc2)cc1OC. The lowest BCUT2D eigenvalue weighted by Crippen LogP contribution is -2.40. The maximum Gasteiger partial charge on any atom is 0.243 e. The van der Waals surface area contributed by atoms with Crippen molar-refractivity contribution in [2.45, 2.75) is 16.3 Å². The van der Waals surface area contributed by atoms with Gasteiger partial charge < -0.3 is 14.2 Å². The number of sulfonamides is 2. The Morgan fingerprint density at radius 1 is 0.900 bits per heavy atom. The minimum absolute atomic E-state index is 0.00849. The van der Waals surface area contributed by atoms with Gasteiger partial charge in [0.2, 0.25) is 20.0 Å². The molecule has 1 saturated heterocycles. The Morgan fingerprint density at radius 2 is 1.50 bits per heavy atom. The molecule has 0 atom stereocenters. The lowest BCUT2D eigenvalue weighted by atomic mass is 10.2. The van der Waals surface area contributed by atoms with Crippen LogP contribution >= 0.6 is 0 Å². The molecular weight excluding hydrogens is 432 g/mol. The van der Waals surface area contributed by atoms with Crippen molar-refractivity contribution in [3.63, 3.8) is 0 Å². The zero-order chi connectivity index (χ0) is 21.8. The highest BCUT2D eigenvalue weighted by molar-refractivity contribution is 7.89. The molecule has 3 rings (SSSR count). The lowest BCUT2D eigenvalue weighted by Gasteiger charge is -2.26. The minimum Gasteiger partial charge on any atom is -0.493 e. The summed E-state index contributed by atoms with van der Waals surface area (Å²) in [6.45, 7) is 1.38. The number of hydrogen-bond acceptors (Lipinski definition) is 7. The summed E-state index contributed by atoms with van der Waals surface area (Å²) in [4.78, 5) is 0.197. The van der Waals surface area contributed by atoms with Crippen LogP contribution in [0.2, 0.25) is 0 Å². The van der Waals surface area contributed by atoms with Crippen LogP contribution in [0.25, 0.3) is 0 Å². The molecular formula is C19H24N2O7S2. The molecule has 9 nitrogen and oxygen atoms in total. The molecule has 0 aromatic heterocycles. The molecule has 0 radical (unpaired) electrons. The number of benzene rings is 2. The Balaban J connectivity index is 1.70. The molecule has 0 amide bonds. The van der Waals surface area contributed by atoms with Crippen molar-refractivity contribution in [2.75, 3.05) is 40.5 Å². The molecule has 0 bridgehead atoms. The van der Waals surface area contributed by atoms with Crippen molar-refractivity contribution in [1.29, 1.82) is 0 Å². The van der Waals surface area contributed by atoms with Crippen LogP contribution in [0.3, 0.4) is 0 Å².